The Labute approximate surface area is 233 Å². The van der Waals surface area contributed by atoms with Crippen LogP contribution in [0.5, 0.6) is 0 Å². The van der Waals surface area contributed by atoms with Crippen molar-refractivity contribution in [2.75, 3.05) is 16.4 Å². The molecule has 5 aromatic rings. The third-order valence-electron chi connectivity index (χ3n) is 5.66. The van der Waals surface area contributed by atoms with Crippen LogP contribution in [0.1, 0.15) is 15.2 Å². The average Bonchev–Trinajstić information content (AvgIpc) is 3.64. The molecular formula is C30H24N4O3S2. The van der Waals surface area contributed by atoms with Crippen LogP contribution in [0.15, 0.2) is 113 Å². The molecule has 5 rings (SSSR count). The van der Waals surface area contributed by atoms with Gasteiger partial charge in [-0.3, -0.25) is 14.4 Å². The van der Waals surface area contributed by atoms with Crippen molar-refractivity contribution in [1.29, 1.82) is 0 Å². The van der Waals surface area contributed by atoms with Gasteiger partial charge in [0.1, 0.15) is 5.70 Å². The maximum atomic E-state index is 13.2. The molecule has 0 unspecified atom stereocenters. The summed E-state index contributed by atoms with van der Waals surface area (Å²) in [5.41, 5.74) is 2.80. The minimum atomic E-state index is -0.452. The molecule has 0 radical (unpaired) electrons. The molecular weight excluding hydrogens is 528 g/mol. The lowest BCUT2D eigenvalue weighted by Gasteiger charge is -2.12. The summed E-state index contributed by atoms with van der Waals surface area (Å²) in [5, 5.41) is 11.5. The number of fused-ring (bicyclic) bond motifs is 1. The van der Waals surface area contributed by atoms with Crippen LogP contribution in [0.4, 0.5) is 11.4 Å². The third kappa shape index (κ3) is 7.04. The van der Waals surface area contributed by atoms with Gasteiger partial charge in [-0.15, -0.1) is 23.1 Å². The van der Waals surface area contributed by atoms with E-state index in [4.69, 9.17) is 0 Å². The van der Waals surface area contributed by atoms with Crippen molar-refractivity contribution in [3.63, 3.8) is 0 Å². The summed E-state index contributed by atoms with van der Waals surface area (Å²) in [6, 6.07) is 27.4. The number of aromatic nitrogens is 1. The number of carbonyl (C=O) groups is 3. The number of thiophene rings is 1. The number of hydrogen-bond donors (Lipinski definition) is 4. The summed E-state index contributed by atoms with van der Waals surface area (Å²) >= 11 is 2.82. The van der Waals surface area contributed by atoms with Crippen molar-refractivity contribution >= 4 is 69.2 Å². The van der Waals surface area contributed by atoms with E-state index in [0.717, 1.165) is 26.4 Å². The van der Waals surface area contributed by atoms with Crippen LogP contribution in [0, 0.1) is 0 Å². The molecule has 3 amide bonds. The van der Waals surface area contributed by atoms with Gasteiger partial charge in [0.15, 0.2) is 0 Å². The average molecular weight is 553 g/mol. The normalized spacial score (nSPS) is 11.2. The van der Waals surface area contributed by atoms with Crippen molar-refractivity contribution in [3.05, 3.63) is 119 Å². The maximum absolute atomic E-state index is 13.2. The summed E-state index contributed by atoms with van der Waals surface area (Å²) in [6.07, 6.45) is 3.50. The zero-order chi connectivity index (χ0) is 27.0. The molecule has 0 aliphatic rings. The highest BCUT2D eigenvalue weighted by atomic mass is 32.2. The fraction of sp³-hybridized carbons (Fsp3) is 0.0333. The lowest BCUT2D eigenvalue weighted by Crippen LogP contribution is -2.30. The molecule has 9 heteroatoms. The fourth-order valence-corrected chi connectivity index (χ4v) is 5.20. The van der Waals surface area contributed by atoms with Crippen molar-refractivity contribution in [2.24, 2.45) is 0 Å². The van der Waals surface area contributed by atoms with Crippen LogP contribution in [-0.4, -0.2) is 28.5 Å². The van der Waals surface area contributed by atoms with Crippen LogP contribution in [0.25, 0.3) is 17.0 Å². The Bertz CT molecular complexity index is 1640. The Kier molecular flexibility index (Phi) is 8.20. The second kappa shape index (κ2) is 12.3. The number of hydrogen-bond acceptors (Lipinski definition) is 5. The minimum Gasteiger partial charge on any atom is -0.361 e. The van der Waals surface area contributed by atoms with E-state index in [0.29, 0.717) is 11.3 Å². The molecule has 0 bridgehead atoms. The van der Waals surface area contributed by atoms with E-state index in [2.05, 4.69) is 20.9 Å². The van der Waals surface area contributed by atoms with Crippen molar-refractivity contribution in [2.45, 2.75) is 4.90 Å². The van der Waals surface area contributed by atoms with E-state index >= 15 is 0 Å². The Morgan fingerprint density at radius 2 is 1.69 bits per heavy atom. The van der Waals surface area contributed by atoms with E-state index in [1.165, 1.54) is 23.1 Å². The lowest BCUT2D eigenvalue weighted by molar-refractivity contribution is -0.114. The number of thioether (sulfide) groups is 1. The van der Waals surface area contributed by atoms with Gasteiger partial charge in [-0.2, -0.15) is 0 Å². The van der Waals surface area contributed by atoms with Gasteiger partial charge in [0.25, 0.3) is 11.8 Å². The number of amides is 3. The number of benzene rings is 3. The summed E-state index contributed by atoms with van der Waals surface area (Å²) in [5.74, 6) is -0.756. The summed E-state index contributed by atoms with van der Waals surface area (Å²) < 4.78 is 0. The van der Waals surface area contributed by atoms with Gasteiger partial charge in [0.2, 0.25) is 5.91 Å². The van der Waals surface area contributed by atoms with Crippen molar-refractivity contribution < 1.29 is 14.4 Å². The van der Waals surface area contributed by atoms with Gasteiger partial charge in [-0.1, -0.05) is 36.4 Å². The minimum absolute atomic E-state index is 0.128. The van der Waals surface area contributed by atoms with Crippen molar-refractivity contribution in [1.82, 2.24) is 10.3 Å². The standard InChI is InChI=1S/C30H24N4O3S2/c35-28(32-23-12-11-20-13-14-31-26(20)17-23)19-39-24-9-4-8-22(16-24)33-30(37)27(18-25-10-5-15-38-25)34-29(36)21-6-2-1-3-7-21/h1-18,31H,19H2,(H,32,35)(H,33,37)(H,34,36)/b27-18-. The van der Waals surface area contributed by atoms with E-state index in [9.17, 15) is 14.4 Å². The van der Waals surface area contributed by atoms with Crippen molar-refractivity contribution in [3.8, 4) is 0 Å². The van der Waals surface area contributed by atoms with Gasteiger partial charge >= 0.3 is 0 Å². The molecule has 0 saturated heterocycles. The van der Waals surface area contributed by atoms with E-state index in [1.54, 1.807) is 48.5 Å². The summed E-state index contributed by atoms with van der Waals surface area (Å²) in [7, 11) is 0. The first kappa shape index (κ1) is 26.0. The fourth-order valence-electron chi connectivity index (χ4n) is 3.79. The number of carbonyl (C=O) groups excluding carboxylic acids is 3. The van der Waals surface area contributed by atoms with Gasteiger partial charge in [0.05, 0.1) is 5.75 Å². The molecule has 0 aliphatic heterocycles. The topological polar surface area (TPSA) is 103 Å². The molecule has 7 nitrogen and oxygen atoms in total. The predicted molar refractivity (Wildman–Crippen MR) is 159 cm³/mol. The predicted octanol–water partition coefficient (Wildman–Crippen LogP) is 6.37. The molecule has 3 aromatic carbocycles. The second-order valence-corrected chi connectivity index (χ2v) is 10.5. The molecule has 2 heterocycles. The molecule has 0 saturated carbocycles. The number of aromatic amines is 1. The Morgan fingerprint density at radius 1 is 0.846 bits per heavy atom. The molecule has 4 N–H and O–H groups in total. The number of H-pyrrole nitrogens is 1. The van der Waals surface area contributed by atoms with E-state index in [1.807, 2.05) is 60.1 Å². The zero-order valence-corrected chi connectivity index (χ0v) is 22.3. The second-order valence-electron chi connectivity index (χ2n) is 8.49. The first-order valence-corrected chi connectivity index (χ1v) is 13.9. The monoisotopic (exact) mass is 552 g/mol. The van der Waals surface area contributed by atoms with Crippen LogP contribution >= 0.6 is 23.1 Å². The first-order valence-electron chi connectivity index (χ1n) is 12.1. The Morgan fingerprint density at radius 3 is 2.51 bits per heavy atom. The summed E-state index contributed by atoms with van der Waals surface area (Å²) in [6.45, 7) is 0. The highest BCUT2D eigenvalue weighted by Crippen LogP contribution is 2.23. The quantitative estimate of drug-likeness (QED) is 0.126. The molecule has 2 aromatic heterocycles. The van der Waals surface area contributed by atoms with E-state index < -0.39 is 5.91 Å². The van der Waals surface area contributed by atoms with Crippen LogP contribution in [0.2, 0.25) is 0 Å². The molecule has 194 valence electrons. The SMILES string of the molecule is O=C(CSc1cccc(NC(=O)/C(=C/c2cccs2)NC(=O)c2ccccc2)c1)Nc1ccc2cc[nH]c2c1. The largest absolute Gasteiger partial charge is 0.361 e. The van der Waals surface area contributed by atoms with E-state index in [-0.39, 0.29) is 23.3 Å². The van der Waals surface area contributed by atoms with Gasteiger partial charge in [-0.25, -0.2) is 0 Å². The Balaban J connectivity index is 1.22. The number of nitrogens with one attached hydrogen (secondary N) is 4. The lowest BCUT2D eigenvalue weighted by atomic mass is 10.2. The summed E-state index contributed by atoms with van der Waals surface area (Å²) in [4.78, 5) is 43.3. The Hall–Kier alpha value is -4.60. The van der Waals surface area contributed by atoms with Crippen LogP contribution < -0.4 is 16.0 Å². The number of anilines is 2. The highest BCUT2D eigenvalue weighted by Gasteiger charge is 2.16. The molecule has 39 heavy (non-hydrogen) atoms. The molecule has 0 spiro atoms. The number of rotatable bonds is 9. The van der Waals surface area contributed by atoms with Crippen LogP contribution in [0.3, 0.4) is 0 Å². The highest BCUT2D eigenvalue weighted by molar-refractivity contribution is 8.00. The molecule has 0 aliphatic carbocycles. The van der Waals surface area contributed by atoms with Crippen LogP contribution in [-0.2, 0) is 9.59 Å². The molecule has 0 fully saturated rings. The van der Waals surface area contributed by atoms with Gasteiger partial charge < -0.3 is 20.9 Å². The first-order chi connectivity index (χ1) is 19.0. The van der Waals surface area contributed by atoms with Gasteiger partial charge in [-0.05, 0) is 71.4 Å². The van der Waals surface area contributed by atoms with Gasteiger partial charge in [0, 0.05) is 38.4 Å². The smallest absolute Gasteiger partial charge is 0.272 e. The molecule has 0 atom stereocenters. The maximum Gasteiger partial charge on any atom is 0.272 e. The third-order valence-corrected chi connectivity index (χ3v) is 7.47. The zero-order valence-electron chi connectivity index (χ0n) is 20.6.